The summed E-state index contributed by atoms with van der Waals surface area (Å²) in [6.07, 6.45) is -0.0196. The first-order chi connectivity index (χ1) is 21.3. The summed E-state index contributed by atoms with van der Waals surface area (Å²) in [5, 5.41) is 51.3. The number of rotatable bonds is 6. The van der Waals surface area contributed by atoms with Gasteiger partial charge in [-0.2, -0.15) is 0 Å². The highest BCUT2D eigenvalue weighted by Crippen LogP contribution is 2.53. The maximum atomic E-state index is 14.1. The fourth-order valence-electron chi connectivity index (χ4n) is 7.69. The number of nitrogens with zero attached hydrogens (tertiary/aromatic N) is 1. The number of phenolic OH excluding ortho intramolecular Hbond substituents is 1. The van der Waals surface area contributed by atoms with Crippen LogP contribution < -0.4 is 11.1 Å². The van der Waals surface area contributed by atoms with Gasteiger partial charge in [0, 0.05) is 18.2 Å². The van der Waals surface area contributed by atoms with Gasteiger partial charge >= 0.3 is 0 Å². The van der Waals surface area contributed by atoms with E-state index in [1.165, 1.54) is 11.0 Å². The van der Waals surface area contributed by atoms with Crippen LogP contribution in [-0.2, 0) is 27.3 Å². The van der Waals surface area contributed by atoms with E-state index < -0.39 is 58.0 Å². The zero-order valence-corrected chi connectivity index (χ0v) is 25.6. The summed E-state index contributed by atoms with van der Waals surface area (Å²) in [7, 11) is 3.10. The SMILES string of the molecule is CC(C)NCc1ccc(-c2ccc(O)c3c2C[C@H]2C[C@]4(O)C(C(=O)C(C(N)=O)=C(O)[C@H]4N(C)C)C(=O)C2=C3O)c2ccccc12. The van der Waals surface area contributed by atoms with Crippen LogP contribution in [-0.4, -0.2) is 74.6 Å². The van der Waals surface area contributed by atoms with Gasteiger partial charge in [0.05, 0.1) is 11.6 Å². The standard InChI is InChI=1S/C35H37N3O7/c1-16(2)37-15-17-9-10-21(20-8-6-5-7-19(17)20)22-11-12-24(39)26-23(22)13-18-14-35(45)28(30(41)25(18)29(26)40)31(42)27(34(36)44)32(43)33(35)38(3)4/h5-12,16,18,28,33,37,39-40,43,45H,13-15H2,1-4H3,(H2,36,44)/t18-,28?,33+,35-/m0/s1. The molecule has 3 aromatic rings. The second kappa shape index (κ2) is 10.8. The molecular formula is C35H37N3O7. The lowest BCUT2D eigenvalue weighted by Gasteiger charge is -2.51. The van der Waals surface area contributed by atoms with E-state index in [1.807, 2.05) is 24.3 Å². The molecule has 0 saturated heterocycles. The average Bonchev–Trinajstić information content (AvgIpc) is 2.95. The molecule has 1 fully saturated rings. The Bertz CT molecular complexity index is 1860. The number of hydrogen-bond donors (Lipinski definition) is 6. The molecule has 0 aromatic heterocycles. The molecular weight excluding hydrogens is 574 g/mol. The Kier molecular flexibility index (Phi) is 7.35. The Morgan fingerprint density at radius 2 is 1.67 bits per heavy atom. The van der Waals surface area contributed by atoms with Crippen LogP contribution in [0.1, 0.15) is 37.0 Å². The molecule has 1 unspecified atom stereocenters. The van der Waals surface area contributed by atoms with Gasteiger partial charge in [-0.15, -0.1) is 0 Å². The van der Waals surface area contributed by atoms with Crippen LogP contribution in [0.15, 0.2) is 65.4 Å². The van der Waals surface area contributed by atoms with Gasteiger partial charge < -0.3 is 31.5 Å². The number of Topliss-reactive ketones (excluding diaryl/α,β-unsaturated/α-hetero) is 2. The average molecular weight is 612 g/mol. The molecule has 1 amide bonds. The highest BCUT2D eigenvalue weighted by molar-refractivity contribution is 6.29. The maximum Gasteiger partial charge on any atom is 0.255 e. The lowest BCUT2D eigenvalue weighted by Crippen LogP contribution is -2.67. The third kappa shape index (κ3) is 4.55. The summed E-state index contributed by atoms with van der Waals surface area (Å²) in [6.45, 7) is 4.84. The van der Waals surface area contributed by atoms with Crippen molar-refractivity contribution in [3.8, 4) is 16.9 Å². The van der Waals surface area contributed by atoms with Gasteiger partial charge in [-0.3, -0.25) is 19.3 Å². The molecule has 3 aliphatic carbocycles. The molecule has 0 bridgehead atoms. The molecule has 0 aliphatic heterocycles. The molecule has 0 radical (unpaired) electrons. The van der Waals surface area contributed by atoms with Crippen LogP contribution in [0, 0.1) is 11.8 Å². The smallest absolute Gasteiger partial charge is 0.255 e. The van der Waals surface area contributed by atoms with E-state index in [2.05, 4.69) is 31.3 Å². The first-order valence-electron chi connectivity index (χ1n) is 15.0. The van der Waals surface area contributed by atoms with Crippen molar-refractivity contribution in [2.24, 2.45) is 17.6 Å². The highest BCUT2D eigenvalue weighted by atomic mass is 16.3. The number of amides is 1. The number of benzene rings is 3. The van der Waals surface area contributed by atoms with Crippen molar-refractivity contribution in [1.29, 1.82) is 0 Å². The van der Waals surface area contributed by atoms with Crippen molar-refractivity contribution in [2.75, 3.05) is 14.1 Å². The van der Waals surface area contributed by atoms with Crippen LogP contribution >= 0.6 is 0 Å². The van der Waals surface area contributed by atoms with Crippen LogP contribution in [0.25, 0.3) is 27.7 Å². The van der Waals surface area contributed by atoms with Crippen molar-refractivity contribution in [3.05, 3.63) is 82.1 Å². The van der Waals surface area contributed by atoms with Crippen LogP contribution in [0.3, 0.4) is 0 Å². The quantitative estimate of drug-likeness (QED) is 0.181. The Morgan fingerprint density at radius 3 is 2.31 bits per heavy atom. The lowest BCUT2D eigenvalue weighted by atomic mass is 9.56. The van der Waals surface area contributed by atoms with Crippen LogP contribution in [0.4, 0.5) is 0 Å². The van der Waals surface area contributed by atoms with Gasteiger partial charge in [-0.25, -0.2) is 0 Å². The molecule has 0 spiro atoms. The number of aromatic hydroxyl groups is 1. The molecule has 3 aliphatic rings. The Morgan fingerprint density at radius 1 is 1.00 bits per heavy atom. The normalized spacial score (nSPS) is 24.7. The zero-order valence-electron chi connectivity index (χ0n) is 25.6. The van der Waals surface area contributed by atoms with E-state index >= 15 is 0 Å². The molecule has 3 aromatic carbocycles. The molecule has 0 heterocycles. The first kappa shape index (κ1) is 30.5. The number of phenols is 1. The fraction of sp³-hybridized carbons (Fsp3) is 0.343. The summed E-state index contributed by atoms with van der Waals surface area (Å²) in [4.78, 5) is 41.2. The van der Waals surface area contributed by atoms with Gasteiger partial charge in [-0.05, 0) is 71.9 Å². The summed E-state index contributed by atoms with van der Waals surface area (Å²) >= 11 is 0. The molecule has 7 N–H and O–H groups in total. The molecule has 45 heavy (non-hydrogen) atoms. The Balaban J connectivity index is 1.53. The first-order valence-corrected chi connectivity index (χ1v) is 15.0. The maximum absolute atomic E-state index is 14.1. The second-order valence-electron chi connectivity index (χ2n) is 12.9. The minimum absolute atomic E-state index is 0.0908. The van der Waals surface area contributed by atoms with E-state index in [4.69, 9.17) is 5.73 Å². The monoisotopic (exact) mass is 611 g/mol. The van der Waals surface area contributed by atoms with E-state index in [9.17, 15) is 34.8 Å². The number of hydrogen-bond acceptors (Lipinski definition) is 9. The molecule has 10 heteroatoms. The number of carbonyl (C=O) groups excluding carboxylic acids is 3. The lowest BCUT2D eigenvalue weighted by molar-refractivity contribution is -0.157. The molecule has 4 atom stereocenters. The number of aliphatic hydroxyl groups is 3. The third-order valence-corrected chi connectivity index (χ3v) is 9.51. The molecule has 234 valence electrons. The minimum Gasteiger partial charge on any atom is -0.510 e. The van der Waals surface area contributed by atoms with Crippen molar-refractivity contribution >= 4 is 34.0 Å². The number of likely N-dealkylation sites (N-methyl/N-ethyl adjacent to an activating group) is 1. The van der Waals surface area contributed by atoms with Crippen molar-refractivity contribution in [1.82, 2.24) is 10.2 Å². The van der Waals surface area contributed by atoms with E-state index in [0.717, 1.165) is 27.5 Å². The van der Waals surface area contributed by atoms with E-state index in [1.54, 1.807) is 20.2 Å². The number of primary amides is 1. The third-order valence-electron chi connectivity index (χ3n) is 9.51. The Labute approximate surface area is 260 Å². The predicted octanol–water partition coefficient (Wildman–Crippen LogP) is 3.28. The predicted molar refractivity (Wildman–Crippen MR) is 169 cm³/mol. The van der Waals surface area contributed by atoms with Crippen molar-refractivity contribution in [2.45, 2.75) is 50.9 Å². The Hall–Kier alpha value is -4.51. The van der Waals surface area contributed by atoms with Crippen molar-refractivity contribution in [3.63, 3.8) is 0 Å². The number of aliphatic hydroxyl groups excluding tert-OH is 2. The number of nitrogens with two attached hydrogens (primary N) is 1. The topological polar surface area (TPSA) is 173 Å². The highest BCUT2D eigenvalue weighted by Gasteiger charge is 2.64. The zero-order chi connectivity index (χ0) is 32.5. The van der Waals surface area contributed by atoms with Gasteiger partial charge in [-0.1, -0.05) is 56.3 Å². The minimum atomic E-state index is -2.10. The number of carbonyl (C=O) groups is 3. The van der Waals surface area contributed by atoms with Gasteiger partial charge in [0.25, 0.3) is 5.91 Å². The van der Waals surface area contributed by atoms with E-state index in [-0.39, 0.29) is 29.7 Å². The van der Waals surface area contributed by atoms with E-state index in [0.29, 0.717) is 18.2 Å². The van der Waals surface area contributed by atoms with Gasteiger partial charge in [0.1, 0.15) is 34.4 Å². The fourth-order valence-corrected chi connectivity index (χ4v) is 7.69. The number of fused-ring (bicyclic) bond motifs is 4. The molecule has 1 saturated carbocycles. The summed E-state index contributed by atoms with van der Waals surface area (Å²) in [5.41, 5.74) is 5.91. The largest absolute Gasteiger partial charge is 0.510 e. The van der Waals surface area contributed by atoms with Crippen LogP contribution in [0.2, 0.25) is 0 Å². The van der Waals surface area contributed by atoms with Gasteiger partial charge in [0.15, 0.2) is 11.6 Å². The summed E-state index contributed by atoms with van der Waals surface area (Å²) in [6, 6.07) is 14.3. The number of nitrogens with one attached hydrogen (secondary N) is 1. The number of allylic oxidation sites excluding steroid dienone is 1. The number of ketones is 2. The molecule has 6 rings (SSSR count). The van der Waals surface area contributed by atoms with Crippen molar-refractivity contribution < 1.29 is 34.8 Å². The second-order valence-corrected chi connectivity index (χ2v) is 12.9. The van der Waals surface area contributed by atoms with Crippen LogP contribution in [0.5, 0.6) is 5.75 Å². The summed E-state index contributed by atoms with van der Waals surface area (Å²) < 4.78 is 0. The van der Waals surface area contributed by atoms with Gasteiger partial charge in [0.2, 0.25) is 0 Å². The molecule has 10 nitrogen and oxygen atoms in total. The summed E-state index contributed by atoms with van der Waals surface area (Å²) in [5.74, 6) is -7.09.